The molecular formula is C18H23N3. The molecule has 0 radical (unpaired) electrons. The summed E-state index contributed by atoms with van der Waals surface area (Å²) in [4.78, 5) is 9.44. The largest absolute Gasteiger partial charge is 0.316 e. The van der Waals surface area contributed by atoms with E-state index in [1.165, 1.54) is 24.8 Å². The summed E-state index contributed by atoms with van der Waals surface area (Å²) >= 11 is 0. The molecule has 1 aromatic heterocycles. The fourth-order valence-electron chi connectivity index (χ4n) is 3.45. The maximum absolute atomic E-state index is 4.72. The quantitative estimate of drug-likeness (QED) is 0.933. The zero-order valence-corrected chi connectivity index (χ0v) is 12.7. The minimum absolute atomic E-state index is 0.0116. The zero-order chi connectivity index (χ0) is 14.5. The van der Waals surface area contributed by atoms with Gasteiger partial charge in [-0.1, -0.05) is 49.6 Å². The lowest BCUT2D eigenvalue weighted by atomic mass is 9.69. The number of nitrogens with zero attached hydrogens (tertiary/aromatic N) is 2. The summed E-state index contributed by atoms with van der Waals surface area (Å²) in [7, 11) is 1.94. The highest BCUT2D eigenvalue weighted by Crippen LogP contribution is 2.43. The van der Waals surface area contributed by atoms with Crippen LogP contribution in [0.5, 0.6) is 0 Å². The minimum atomic E-state index is 0.0116. The molecule has 0 atom stereocenters. The summed E-state index contributed by atoms with van der Waals surface area (Å²) in [6.07, 6.45) is 10.1. The highest BCUT2D eigenvalue weighted by atomic mass is 14.9. The lowest BCUT2D eigenvalue weighted by Crippen LogP contribution is -2.32. The maximum Gasteiger partial charge on any atom is 0.138 e. The van der Waals surface area contributed by atoms with Gasteiger partial charge in [0.25, 0.3) is 0 Å². The van der Waals surface area contributed by atoms with Gasteiger partial charge >= 0.3 is 0 Å². The van der Waals surface area contributed by atoms with E-state index in [4.69, 9.17) is 9.97 Å². The second-order valence-corrected chi connectivity index (χ2v) is 5.95. The number of nitrogens with one attached hydrogen (secondary N) is 1. The molecule has 1 aliphatic rings. The molecule has 3 heteroatoms. The predicted molar refractivity (Wildman–Crippen MR) is 85.1 cm³/mol. The van der Waals surface area contributed by atoms with Crippen LogP contribution in [0.4, 0.5) is 0 Å². The van der Waals surface area contributed by atoms with E-state index < -0.39 is 0 Å². The van der Waals surface area contributed by atoms with Crippen molar-refractivity contribution in [3.63, 3.8) is 0 Å². The summed E-state index contributed by atoms with van der Waals surface area (Å²) in [6, 6.07) is 10.8. The van der Waals surface area contributed by atoms with Crippen molar-refractivity contribution < 1.29 is 0 Å². The van der Waals surface area contributed by atoms with Crippen molar-refractivity contribution in [1.82, 2.24) is 15.3 Å². The molecule has 0 spiro atoms. The molecule has 1 heterocycles. The fourth-order valence-corrected chi connectivity index (χ4v) is 3.45. The SMILES string of the molecule is CNCc1cnc(C2(c3ccccc3)CCCCC2)nc1. The van der Waals surface area contributed by atoms with E-state index in [9.17, 15) is 0 Å². The Labute approximate surface area is 126 Å². The molecule has 1 aromatic carbocycles. The van der Waals surface area contributed by atoms with Gasteiger partial charge in [-0.15, -0.1) is 0 Å². The van der Waals surface area contributed by atoms with Crippen molar-refractivity contribution in [2.45, 2.75) is 44.1 Å². The lowest BCUT2D eigenvalue weighted by molar-refractivity contribution is 0.330. The van der Waals surface area contributed by atoms with Crippen LogP contribution in [-0.2, 0) is 12.0 Å². The third-order valence-corrected chi connectivity index (χ3v) is 4.55. The second kappa shape index (κ2) is 6.35. The Balaban J connectivity index is 1.99. The minimum Gasteiger partial charge on any atom is -0.316 e. The molecule has 0 aliphatic heterocycles. The normalized spacial score (nSPS) is 17.6. The van der Waals surface area contributed by atoms with Crippen LogP contribution in [0.25, 0.3) is 0 Å². The van der Waals surface area contributed by atoms with Gasteiger partial charge in [0.1, 0.15) is 5.82 Å². The highest BCUT2D eigenvalue weighted by Gasteiger charge is 2.38. The Morgan fingerprint density at radius 2 is 1.67 bits per heavy atom. The van der Waals surface area contributed by atoms with Crippen molar-refractivity contribution >= 4 is 0 Å². The number of hydrogen-bond acceptors (Lipinski definition) is 3. The monoisotopic (exact) mass is 281 g/mol. The topological polar surface area (TPSA) is 37.8 Å². The summed E-state index contributed by atoms with van der Waals surface area (Å²) < 4.78 is 0. The average molecular weight is 281 g/mol. The molecule has 1 saturated carbocycles. The van der Waals surface area contributed by atoms with Gasteiger partial charge in [0.15, 0.2) is 0 Å². The first kappa shape index (κ1) is 14.2. The standard InChI is InChI=1S/C18H23N3/c1-19-12-15-13-20-17(21-14-15)18(10-6-3-7-11-18)16-8-4-2-5-9-16/h2,4-5,8-9,13-14,19H,3,6-7,10-12H2,1H3. The van der Waals surface area contributed by atoms with Gasteiger partial charge in [0.2, 0.25) is 0 Å². The first-order chi connectivity index (χ1) is 10.3. The van der Waals surface area contributed by atoms with Crippen LogP contribution in [0.1, 0.15) is 49.1 Å². The van der Waals surface area contributed by atoms with E-state index >= 15 is 0 Å². The molecule has 1 fully saturated rings. The molecule has 0 saturated heterocycles. The molecule has 2 aromatic rings. The Kier molecular flexibility index (Phi) is 4.30. The maximum atomic E-state index is 4.72. The molecule has 1 N–H and O–H groups in total. The molecule has 1 aliphatic carbocycles. The number of rotatable bonds is 4. The third-order valence-electron chi connectivity index (χ3n) is 4.55. The lowest BCUT2D eigenvalue weighted by Gasteiger charge is -2.36. The summed E-state index contributed by atoms with van der Waals surface area (Å²) in [5.41, 5.74) is 2.52. The van der Waals surface area contributed by atoms with Gasteiger partial charge in [-0.05, 0) is 25.5 Å². The molecule has 110 valence electrons. The molecule has 0 bridgehead atoms. The number of aromatic nitrogens is 2. The predicted octanol–water partition coefficient (Wildman–Crippen LogP) is 3.45. The van der Waals surface area contributed by atoms with Crippen LogP contribution in [-0.4, -0.2) is 17.0 Å². The molecule has 0 amide bonds. The van der Waals surface area contributed by atoms with Gasteiger partial charge in [-0.25, -0.2) is 9.97 Å². The fraction of sp³-hybridized carbons (Fsp3) is 0.444. The number of benzene rings is 1. The van der Waals surface area contributed by atoms with Crippen molar-refractivity contribution in [2.24, 2.45) is 0 Å². The molecule has 21 heavy (non-hydrogen) atoms. The van der Waals surface area contributed by atoms with Crippen LogP contribution in [0, 0.1) is 0 Å². The van der Waals surface area contributed by atoms with Gasteiger partial charge < -0.3 is 5.32 Å². The Morgan fingerprint density at radius 1 is 1.00 bits per heavy atom. The van der Waals surface area contributed by atoms with E-state index in [1.807, 2.05) is 19.4 Å². The van der Waals surface area contributed by atoms with Crippen LogP contribution >= 0.6 is 0 Å². The van der Waals surface area contributed by atoms with Gasteiger partial charge in [0, 0.05) is 24.5 Å². The average Bonchev–Trinajstić information content (AvgIpc) is 2.57. The molecule has 0 unspecified atom stereocenters. The van der Waals surface area contributed by atoms with E-state index in [1.54, 1.807) is 0 Å². The van der Waals surface area contributed by atoms with Gasteiger partial charge in [0.05, 0.1) is 5.41 Å². The first-order valence-electron chi connectivity index (χ1n) is 7.87. The smallest absolute Gasteiger partial charge is 0.138 e. The van der Waals surface area contributed by atoms with E-state index in [0.717, 1.165) is 30.8 Å². The van der Waals surface area contributed by atoms with Gasteiger partial charge in [-0.2, -0.15) is 0 Å². The Bertz CT molecular complexity index is 557. The molecule has 3 rings (SSSR count). The number of hydrogen-bond donors (Lipinski definition) is 1. The van der Waals surface area contributed by atoms with E-state index in [-0.39, 0.29) is 5.41 Å². The summed E-state index contributed by atoms with van der Waals surface area (Å²) in [5, 5.41) is 3.14. The van der Waals surface area contributed by atoms with E-state index in [0.29, 0.717) is 0 Å². The zero-order valence-electron chi connectivity index (χ0n) is 12.7. The van der Waals surface area contributed by atoms with Crippen LogP contribution < -0.4 is 5.32 Å². The van der Waals surface area contributed by atoms with Crippen LogP contribution in [0.3, 0.4) is 0 Å². The van der Waals surface area contributed by atoms with Gasteiger partial charge in [-0.3, -0.25) is 0 Å². The highest BCUT2D eigenvalue weighted by molar-refractivity contribution is 5.33. The van der Waals surface area contributed by atoms with E-state index in [2.05, 4.69) is 35.6 Å². The summed E-state index contributed by atoms with van der Waals surface area (Å²) in [5.74, 6) is 0.994. The second-order valence-electron chi connectivity index (χ2n) is 5.95. The van der Waals surface area contributed by atoms with Crippen LogP contribution in [0.2, 0.25) is 0 Å². The Morgan fingerprint density at radius 3 is 2.29 bits per heavy atom. The Hall–Kier alpha value is -1.74. The van der Waals surface area contributed by atoms with Crippen molar-refractivity contribution in [3.8, 4) is 0 Å². The van der Waals surface area contributed by atoms with Crippen molar-refractivity contribution in [1.29, 1.82) is 0 Å². The van der Waals surface area contributed by atoms with Crippen molar-refractivity contribution in [3.05, 3.63) is 59.7 Å². The first-order valence-corrected chi connectivity index (χ1v) is 7.87. The molecular weight excluding hydrogens is 258 g/mol. The van der Waals surface area contributed by atoms with Crippen molar-refractivity contribution in [2.75, 3.05) is 7.05 Å². The van der Waals surface area contributed by atoms with Crippen LogP contribution in [0.15, 0.2) is 42.7 Å². The third kappa shape index (κ3) is 2.84. The molecule has 3 nitrogen and oxygen atoms in total. The summed E-state index contributed by atoms with van der Waals surface area (Å²) in [6.45, 7) is 0.818.